The summed E-state index contributed by atoms with van der Waals surface area (Å²) in [6.45, 7) is 2.05. The van der Waals surface area contributed by atoms with Gasteiger partial charge in [-0.1, -0.05) is 41.9 Å². The second-order valence-corrected chi connectivity index (χ2v) is 8.52. The van der Waals surface area contributed by atoms with Crippen LogP contribution in [0.2, 0.25) is 5.02 Å². The lowest BCUT2D eigenvalue weighted by atomic mass is 9.74. The highest BCUT2D eigenvalue weighted by atomic mass is 35.5. The van der Waals surface area contributed by atoms with Gasteiger partial charge in [-0.2, -0.15) is 0 Å². The average Bonchev–Trinajstić information content (AvgIpc) is 2.58. The molecule has 0 spiro atoms. The van der Waals surface area contributed by atoms with Gasteiger partial charge in [0.1, 0.15) is 0 Å². The largest absolute Gasteiger partial charge is 0.352 e. The average molecular weight is 358 g/mol. The lowest BCUT2D eigenvalue weighted by Crippen LogP contribution is -2.55. The van der Waals surface area contributed by atoms with Crippen LogP contribution in [0.25, 0.3) is 0 Å². The first-order valence-electron chi connectivity index (χ1n) is 8.41. The Labute approximate surface area is 152 Å². The molecule has 0 bridgehead atoms. The van der Waals surface area contributed by atoms with Gasteiger partial charge in [0.2, 0.25) is 5.91 Å². The van der Waals surface area contributed by atoms with Crippen LogP contribution in [0.1, 0.15) is 36.0 Å². The summed E-state index contributed by atoms with van der Waals surface area (Å²) in [6.07, 6.45) is 3.43. The fourth-order valence-corrected chi connectivity index (χ4v) is 5.87. The molecule has 124 valence electrons. The van der Waals surface area contributed by atoms with Crippen LogP contribution in [0.3, 0.4) is 0 Å². The maximum absolute atomic E-state index is 12.0. The molecule has 0 unspecified atom stereocenters. The first-order valence-corrected chi connectivity index (χ1v) is 9.61. The molecule has 2 nitrogen and oxygen atoms in total. The third-order valence-corrected chi connectivity index (χ3v) is 7.25. The molecule has 24 heavy (non-hydrogen) atoms. The molecule has 1 fully saturated rings. The number of halogens is 1. The standard InChI is InChI=1S/C20H20ClNOS/c1-13-6-8-17(16(21)12-13)24-20-11-10-19(23)22-18(20)9-7-14-4-2-3-5-15(14)20/h2-6,8,12,18H,7,9-11H2,1H3,(H,22,23)/t18-,20-/m1/s1. The van der Waals surface area contributed by atoms with E-state index in [9.17, 15) is 4.79 Å². The molecule has 1 amide bonds. The van der Waals surface area contributed by atoms with E-state index in [1.807, 2.05) is 17.8 Å². The van der Waals surface area contributed by atoms with Crippen molar-refractivity contribution in [3.63, 3.8) is 0 Å². The monoisotopic (exact) mass is 357 g/mol. The van der Waals surface area contributed by atoms with E-state index >= 15 is 0 Å². The van der Waals surface area contributed by atoms with Crippen molar-refractivity contribution in [1.82, 2.24) is 5.32 Å². The Kier molecular flexibility index (Phi) is 4.09. The molecule has 2 aromatic rings. The molecule has 1 heterocycles. The van der Waals surface area contributed by atoms with E-state index in [4.69, 9.17) is 11.6 Å². The van der Waals surface area contributed by atoms with Gasteiger partial charge < -0.3 is 5.32 Å². The first kappa shape index (κ1) is 16.0. The summed E-state index contributed by atoms with van der Waals surface area (Å²) in [5.41, 5.74) is 3.93. The number of rotatable bonds is 2. The summed E-state index contributed by atoms with van der Waals surface area (Å²) < 4.78 is -0.123. The molecule has 2 aliphatic rings. The highest BCUT2D eigenvalue weighted by Gasteiger charge is 2.48. The van der Waals surface area contributed by atoms with Crippen LogP contribution >= 0.6 is 23.4 Å². The van der Waals surface area contributed by atoms with E-state index in [-0.39, 0.29) is 16.7 Å². The molecule has 4 heteroatoms. The molecule has 0 radical (unpaired) electrons. The zero-order valence-corrected chi connectivity index (χ0v) is 15.2. The Hall–Kier alpha value is -1.45. The summed E-state index contributed by atoms with van der Waals surface area (Å²) >= 11 is 8.35. The number of carbonyl (C=O) groups excluding carboxylic acids is 1. The predicted octanol–water partition coefficient (Wildman–Crippen LogP) is 4.86. The van der Waals surface area contributed by atoms with Crippen LogP contribution < -0.4 is 5.32 Å². The number of hydrogen-bond acceptors (Lipinski definition) is 2. The quantitative estimate of drug-likeness (QED) is 0.831. The maximum Gasteiger partial charge on any atom is 0.220 e. The highest BCUT2D eigenvalue weighted by molar-refractivity contribution is 8.00. The van der Waals surface area contributed by atoms with Gasteiger partial charge in [-0.3, -0.25) is 4.79 Å². The molecule has 2 atom stereocenters. The number of aryl methyl sites for hydroxylation is 2. The molecule has 1 aliphatic carbocycles. The summed E-state index contributed by atoms with van der Waals surface area (Å²) in [6, 6.07) is 15.1. The van der Waals surface area contributed by atoms with Crippen molar-refractivity contribution in [3.05, 3.63) is 64.2 Å². The van der Waals surface area contributed by atoms with Crippen molar-refractivity contribution in [1.29, 1.82) is 0 Å². The number of benzene rings is 2. The van der Waals surface area contributed by atoms with Crippen molar-refractivity contribution in [3.8, 4) is 0 Å². The lowest BCUT2D eigenvalue weighted by Gasteiger charge is -2.48. The topological polar surface area (TPSA) is 29.1 Å². The van der Waals surface area contributed by atoms with Gasteiger partial charge in [0.25, 0.3) is 0 Å². The highest BCUT2D eigenvalue weighted by Crippen LogP contribution is 2.54. The number of carbonyl (C=O) groups is 1. The fourth-order valence-electron chi connectivity index (χ4n) is 4.00. The number of amides is 1. The van der Waals surface area contributed by atoms with Gasteiger partial charge >= 0.3 is 0 Å². The van der Waals surface area contributed by atoms with E-state index in [1.54, 1.807) is 0 Å². The Balaban J connectivity index is 1.82. The zero-order chi connectivity index (χ0) is 16.7. The summed E-state index contributed by atoms with van der Waals surface area (Å²) in [5, 5.41) is 4.05. The minimum Gasteiger partial charge on any atom is -0.352 e. The van der Waals surface area contributed by atoms with Crippen LogP contribution in [0.15, 0.2) is 47.4 Å². The fraction of sp³-hybridized carbons (Fsp3) is 0.350. The zero-order valence-electron chi connectivity index (χ0n) is 13.6. The van der Waals surface area contributed by atoms with E-state index in [2.05, 4.69) is 48.6 Å². The third kappa shape index (κ3) is 2.64. The smallest absolute Gasteiger partial charge is 0.220 e. The second kappa shape index (κ2) is 6.12. The van der Waals surface area contributed by atoms with Crippen molar-refractivity contribution >= 4 is 29.3 Å². The third-order valence-electron chi connectivity index (χ3n) is 5.18. The van der Waals surface area contributed by atoms with Crippen molar-refractivity contribution < 1.29 is 4.79 Å². The SMILES string of the molecule is Cc1ccc(S[C@@]23CCC(=O)N[C@@H]2CCc2ccccc23)c(Cl)c1. The van der Waals surface area contributed by atoms with Crippen LogP contribution in [0, 0.1) is 6.92 Å². The summed E-state index contributed by atoms with van der Waals surface area (Å²) in [5.74, 6) is 0.172. The van der Waals surface area contributed by atoms with Gasteiger partial charge in [-0.25, -0.2) is 0 Å². The molecule has 1 saturated heterocycles. The lowest BCUT2D eigenvalue weighted by molar-refractivity contribution is -0.124. The van der Waals surface area contributed by atoms with Crippen molar-refractivity contribution in [2.24, 2.45) is 0 Å². The van der Waals surface area contributed by atoms with Gasteiger partial charge in [0.05, 0.1) is 9.77 Å². The number of fused-ring (bicyclic) bond motifs is 3. The normalized spacial score (nSPS) is 25.6. The van der Waals surface area contributed by atoms with Crippen LogP contribution in [0.4, 0.5) is 0 Å². The minimum atomic E-state index is -0.123. The number of hydrogen-bond donors (Lipinski definition) is 1. The Morgan fingerprint density at radius 3 is 2.88 bits per heavy atom. The van der Waals surface area contributed by atoms with E-state index < -0.39 is 0 Å². The minimum absolute atomic E-state index is 0.123. The summed E-state index contributed by atoms with van der Waals surface area (Å²) in [7, 11) is 0. The number of thioether (sulfide) groups is 1. The Morgan fingerprint density at radius 2 is 2.04 bits per heavy atom. The van der Waals surface area contributed by atoms with Gasteiger partial charge in [0, 0.05) is 17.4 Å². The molecule has 2 aromatic carbocycles. The predicted molar refractivity (Wildman–Crippen MR) is 99.7 cm³/mol. The van der Waals surface area contributed by atoms with Gasteiger partial charge in [-0.05, 0) is 55.0 Å². The first-order chi connectivity index (χ1) is 11.6. The second-order valence-electron chi connectivity index (χ2n) is 6.74. The van der Waals surface area contributed by atoms with Gasteiger partial charge in [0.15, 0.2) is 0 Å². The number of piperidine rings is 1. The molecule has 0 aromatic heterocycles. The molecule has 1 aliphatic heterocycles. The van der Waals surface area contributed by atoms with Crippen molar-refractivity contribution in [2.45, 2.75) is 48.3 Å². The molecular weight excluding hydrogens is 338 g/mol. The molecule has 4 rings (SSSR count). The van der Waals surface area contributed by atoms with E-state index in [0.717, 1.165) is 29.2 Å². The van der Waals surface area contributed by atoms with Crippen LogP contribution in [0.5, 0.6) is 0 Å². The van der Waals surface area contributed by atoms with Crippen LogP contribution in [-0.2, 0) is 16.0 Å². The van der Waals surface area contributed by atoms with Gasteiger partial charge in [-0.15, -0.1) is 11.8 Å². The van der Waals surface area contributed by atoms with E-state index in [0.29, 0.717) is 6.42 Å². The van der Waals surface area contributed by atoms with Crippen molar-refractivity contribution in [2.75, 3.05) is 0 Å². The van der Waals surface area contributed by atoms with Crippen LogP contribution in [-0.4, -0.2) is 11.9 Å². The Morgan fingerprint density at radius 1 is 1.21 bits per heavy atom. The van der Waals surface area contributed by atoms with E-state index in [1.165, 1.54) is 16.7 Å². The molecule has 0 saturated carbocycles. The maximum atomic E-state index is 12.0. The Bertz CT molecular complexity index is 806. The number of nitrogens with one attached hydrogen (secondary N) is 1. The molecular formula is C20H20ClNOS. The molecule has 1 N–H and O–H groups in total. The summed E-state index contributed by atoms with van der Waals surface area (Å²) in [4.78, 5) is 13.1.